The van der Waals surface area contributed by atoms with E-state index < -0.39 is 5.92 Å². The van der Waals surface area contributed by atoms with Crippen LogP contribution in [0.4, 0.5) is 0 Å². The molecule has 0 amide bonds. The number of esters is 1. The number of allylic oxidation sites excluding steroid dienone is 3. The molecule has 7 nitrogen and oxygen atoms in total. The third-order valence-electron chi connectivity index (χ3n) is 7.93. The predicted molar refractivity (Wildman–Crippen MR) is 136 cm³/mol. The van der Waals surface area contributed by atoms with E-state index in [0.29, 0.717) is 47.5 Å². The number of benzene rings is 2. The molecule has 2 unspecified atom stereocenters. The van der Waals surface area contributed by atoms with Crippen molar-refractivity contribution >= 4 is 11.8 Å². The van der Waals surface area contributed by atoms with Crippen LogP contribution in [0.1, 0.15) is 74.8 Å². The zero-order valence-electron chi connectivity index (χ0n) is 20.9. The Labute approximate surface area is 216 Å². The van der Waals surface area contributed by atoms with E-state index in [-0.39, 0.29) is 36.3 Å². The molecule has 2 aromatic carbocycles. The van der Waals surface area contributed by atoms with E-state index in [4.69, 9.17) is 14.2 Å². The smallest absolute Gasteiger partial charge is 0.337 e. The molecule has 2 aliphatic carbocycles. The van der Waals surface area contributed by atoms with Crippen molar-refractivity contribution in [2.45, 2.75) is 69.8 Å². The lowest BCUT2D eigenvalue weighted by atomic mass is 9.71. The van der Waals surface area contributed by atoms with Gasteiger partial charge in [-0.2, -0.15) is 0 Å². The van der Waals surface area contributed by atoms with Crippen LogP contribution in [0.2, 0.25) is 0 Å². The number of para-hydroxylation sites is 1. The zero-order valence-corrected chi connectivity index (χ0v) is 20.9. The molecule has 0 radical (unpaired) electrons. The van der Waals surface area contributed by atoms with Crippen LogP contribution in [0.15, 0.2) is 65.0 Å². The Bertz CT molecular complexity index is 1320. The number of aromatic hydroxyl groups is 1. The Hall–Kier alpha value is -3.74. The molecule has 0 spiro atoms. The molecule has 7 heteroatoms. The number of phenols is 1. The van der Waals surface area contributed by atoms with Gasteiger partial charge >= 0.3 is 5.97 Å². The zero-order chi connectivity index (χ0) is 25.5. The van der Waals surface area contributed by atoms with Gasteiger partial charge < -0.3 is 24.6 Å². The number of nitrogens with one attached hydrogen (secondary N) is 1. The number of Topliss-reactive ketones (excluding diaryl/α,β-unsaturated/α-hetero) is 1. The second kappa shape index (κ2) is 9.61. The highest BCUT2D eigenvalue weighted by atomic mass is 16.7. The van der Waals surface area contributed by atoms with E-state index in [1.54, 1.807) is 18.2 Å². The molecule has 0 saturated heterocycles. The quantitative estimate of drug-likeness (QED) is 0.533. The molecule has 0 bridgehead atoms. The SMILES string of the molecule is CCC1=C(C(=O)OC2CCCC2)C(c2cccc(O)c2)C2=C(CC(c3cccc4c3OCO4)CC2=O)N1. The number of carbonyl (C=O) groups excluding carboxylic acids is 2. The first kappa shape index (κ1) is 23.6. The highest BCUT2D eigenvalue weighted by molar-refractivity contribution is 6.04. The summed E-state index contributed by atoms with van der Waals surface area (Å²) in [5.41, 5.74) is 4.31. The van der Waals surface area contributed by atoms with Gasteiger partial charge in [0.05, 0.1) is 5.57 Å². The van der Waals surface area contributed by atoms with Crippen molar-refractivity contribution in [2.24, 2.45) is 0 Å². The number of fused-ring (bicyclic) bond motifs is 1. The van der Waals surface area contributed by atoms with Crippen LogP contribution >= 0.6 is 0 Å². The Morgan fingerprint density at radius 1 is 1.11 bits per heavy atom. The van der Waals surface area contributed by atoms with Gasteiger partial charge in [0, 0.05) is 40.8 Å². The van der Waals surface area contributed by atoms with Gasteiger partial charge in [-0.25, -0.2) is 4.79 Å². The number of hydrogen-bond acceptors (Lipinski definition) is 7. The van der Waals surface area contributed by atoms with Crippen molar-refractivity contribution < 1.29 is 28.9 Å². The van der Waals surface area contributed by atoms with Crippen molar-refractivity contribution in [3.05, 3.63) is 76.1 Å². The molecule has 4 aliphatic rings. The number of rotatable bonds is 5. The van der Waals surface area contributed by atoms with E-state index in [1.165, 1.54) is 0 Å². The lowest BCUT2D eigenvalue weighted by Crippen LogP contribution is -2.37. The van der Waals surface area contributed by atoms with Gasteiger partial charge in [0.1, 0.15) is 11.9 Å². The Balaban J connectivity index is 1.42. The van der Waals surface area contributed by atoms with Crippen molar-refractivity contribution in [1.29, 1.82) is 0 Å². The van der Waals surface area contributed by atoms with Crippen molar-refractivity contribution in [1.82, 2.24) is 5.32 Å². The predicted octanol–water partition coefficient (Wildman–Crippen LogP) is 5.36. The summed E-state index contributed by atoms with van der Waals surface area (Å²) in [6, 6.07) is 12.6. The monoisotopic (exact) mass is 501 g/mol. The third kappa shape index (κ3) is 4.26. The lowest BCUT2D eigenvalue weighted by Gasteiger charge is -2.37. The minimum Gasteiger partial charge on any atom is -0.508 e. The molecule has 2 aliphatic heterocycles. The maximum absolute atomic E-state index is 13.9. The third-order valence-corrected chi connectivity index (χ3v) is 7.93. The van der Waals surface area contributed by atoms with E-state index in [2.05, 4.69) is 5.32 Å². The molecule has 2 aromatic rings. The highest BCUT2D eigenvalue weighted by Crippen LogP contribution is 2.49. The summed E-state index contributed by atoms with van der Waals surface area (Å²) in [7, 11) is 0. The molecule has 2 atom stereocenters. The number of ketones is 1. The fraction of sp³-hybridized carbons (Fsp3) is 0.400. The molecule has 1 saturated carbocycles. The fourth-order valence-corrected chi connectivity index (χ4v) is 6.23. The van der Waals surface area contributed by atoms with Crippen LogP contribution in [-0.4, -0.2) is 29.8 Å². The number of phenolic OH excluding ortho intramolecular Hbond substituents is 1. The summed E-state index contributed by atoms with van der Waals surface area (Å²) in [6.07, 6.45) is 5.23. The van der Waals surface area contributed by atoms with Crippen LogP contribution < -0.4 is 14.8 Å². The van der Waals surface area contributed by atoms with Crippen molar-refractivity contribution in [3.63, 3.8) is 0 Å². The van der Waals surface area contributed by atoms with Crippen molar-refractivity contribution in [2.75, 3.05) is 6.79 Å². The average Bonchev–Trinajstić information content (AvgIpc) is 3.59. The summed E-state index contributed by atoms with van der Waals surface area (Å²) in [5.74, 6) is 0.425. The topological polar surface area (TPSA) is 94.1 Å². The Kier molecular flexibility index (Phi) is 6.14. The number of carbonyl (C=O) groups is 2. The van der Waals surface area contributed by atoms with Gasteiger partial charge in [-0.3, -0.25) is 4.79 Å². The Morgan fingerprint density at radius 2 is 1.92 bits per heavy atom. The van der Waals surface area contributed by atoms with Gasteiger partial charge in [0.2, 0.25) is 6.79 Å². The van der Waals surface area contributed by atoms with Crippen molar-refractivity contribution in [3.8, 4) is 17.2 Å². The molecule has 37 heavy (non-hydrogen) atoms. The number of dihydropyridines is 1. The van der Waals surface area contributed by atoms with E-state index in [0.717, 1.165) is 42.6 Å². The molecular weight excluding hydrogens is 470 g/mol. The molecule has 2 heterocycles. The second-order valence-corrected chi connectivity index (χ2v) is 10.2. The van der Waals surface area contributed by atoms with Gasteiger partial charge in [-0.05, 0) is 62.3 Å². The highest BCUT2D eigenvalue weighted by Gasteiger charge is 2.43. The first-order valence-electron chi connectivity index (χ1n) is 13.2. The maximum Gasteiger partial charge on any atom is 0.337 e. The molecule has 1 fully saturated rings. The Morgan fingerprint density at radius 3 is 2.70 bits per heavy atom. The lowest BCUT2D eigenvalue weighted by molar-refractivity contribution is -0.144. The minimum absolute atomic E-state index is 0.0232. The first-order valence-corrected chi connectivity index (χ1v) is 13.2. The number of ether oxygens (including phenoxy) is 3. The van der Waals surface area contributed by atoms with Crippen LogP contribution in [0.5, 0.6) is 17.2 Å². The molecule has 2 N–H and O–H groups in total. The summed E-state index contributed by atoms with van der Waals surface area (Å²) < 4.78 is 17.3. The normalized spacial score (nSPS) is 23.2. The van der Waals surface area contributed by atoms with Crippen LogP contribution in [-0.2, 0) is 14.3 Å². The van der Waals surface area contributed by atoms with Gasteiger partial charge in [0.25, 0.3) is 0 Å². The molecular formula is C30H31NO6. The standard InChI is InChI=1S/C30H31NO6/c1-2-22-28(30(34)37-20-9-3-4-10-20)26(17-7-5-8-19(32)13-17)27-23(31-22)14-18(15-24(27)33)21-11-6-12-25-29(21)36-16-35-25/h5-8,11-13,18,20,26,31-32H,2-4,9-10,14-16H2,1H3. The minimum atomic E-state index is -0.596. The maximum atomic E-state index is 13.9. The molecule has 0 aromatic heterocycles. The summed E-state index contributed by atoms with van der Waals surface area (Å²) >= 11 is 0. The van der Waals surface area contributed by atoms with Gasteiger partial charge in [-0.15, -0.1) is 0 Å². The van der Waals surface area contributed by atoms with E-state index in [1.807, 2.05) is 31.2 Å². The summed E-state index contributed by atoms with van der Waals surface area (Å²) in [4.78, 5) is 27.5. The number of hydrogen-bond donors (Lipinski definition) is 2. The fourth-order valence-electron chi connectivity index (χ4n) is 6.23. The van der Waals surface area contributed by atoms with Gasteiger partial charge in [0.15, 0.2) is 17.3 Å². The van der Waals surface area contributed by atoms with E-state index in [9.17, 15) is 14.7 Å². The van der Waals surface area contributed by atoms with E-state index >= 15 is 0 Å². The summed E-state index contributed by atoms with van der Waals surface area (Å²) in [6.45, 7) is 2.17. The van der Waals surface area contributed by atoms with Gasteiger partial charge in [-0.1, -0.05) is 31.2 Å². The van der Waals surface area contributed by atoms with Crippen LogP contribution in [0.3, 0.4) is 0 Å². The largest absolute Gasteiger partial charge is 0.508 e. The molecule has 192 valence electrons. The second-order valence-electron chi connectivity index (χ2n) is 10.2. The van der Waals surface area contributed by atoms with Crippen LogP contribution in [0.25, 0.3) is 0 Å². The average molecular weight is 502 g/mol. The molecule has 6 rings (SSSR count). The van der Waals surface area contributed by atoms with Crippen LogP contribution in [0, 0.1) is 0 Å². The first-order chi connectivity index (χ1) is 18.0. The summed E-state index contributed by atoms with van der Waals surface area (Å²) in [5, 5.41) is 13.8.